The molecule has 0 aromatic carbocycles. The fraction of sp³-hybridized carbons (Fsp3) is 0.500. The summed E-state index contributed by atoms with van der Waals surface area (Å²) in [6.07, 6.45) is 1.01. The Hall–Kier alpha value is -0.740. The van der Waals surface area contributed by atoms with Crippen LogP contribution in [0.5, 0.6) is 0 Å². The largest absolute Gasteiger partial charge is 0.395 e. The molecule has 0 saturated carbocycles. The normalized spacial score (nSPS) is 20.1. The molecule has 1 heterocycles. The number of ether oxygens (including phenoxy) is 1. The van der Waals surface area contributed by atoms with Crippen molar-refractivity contribution in [2.75, 3.05) is 13.2 Å². The van der Waals surface area contributed by atoms with E-state index in [1.807, 2.05) is 0 Å². The monoisotopic (exact) mass is 175 g/mol. The standard InChI is InChI=1S/C6H10ClN3O/c7-6(5(9)1-8)10-4-2-11-3-4/h1,4,8,10H,2-3,9H2/b6-5+,8-1?. The highest BCUT2D eigenvalue weighted by molar-refractivity contribution is 6.30. The second kappa shape index (κ2) is 3.59. The average Bonchev–Trinajstić information content (AvgIpc) is 1.94. The number of nitrogens with one attached hydrogen (secondary N) is 2. The number of halogens is 1. The molecule has 0 atom stereocenters. The Labute approximate surface area is 69.9 Å². The van der Waals surface area contributed by atoms with Crippen LogP contribution >= 0.6 is 11.6 Å². The zero-order valence-electron chi connectivity index (χ0n) is 5.93. The highest BCUT2D eigenvalue weighted by atomic mass is 35.5. The van der Waals surface area contributed by atoms with Crippen LogP contribution in [-0.4, -0.2) is 25.5 Å². The average molecular weight is 176 g/mol. The SMILES string of the molecule is N=C/C(N)=C(/Cl)NC1COC1. The Bertz CT molecular complexity index is 188. The molecule has 1 fully saturated rings. The quantitative estimate of drug-likeness (QED) is 0.418. The van der Waals surface area contributed by atoms with Crippen molar-refractivity contribution in [1.29, 1.82) is 5.41 Å². The number of hydrogen-bond acceptors (Lipinski definition) is 4. The van der Waals surface area contributed by atoms with Gasteiger partial charge in [-0.05, 0) is 0 Å². The first-order chi connectivity index (χ1) is 5.24. The van der Waals surface area contributed by atoms with E-state index in [1.165, 1.54) is 0 Å². The number of hydrogen-bond donors (Lipinski definition) is 3. The highest BCUT2D eigenvalue weighted by Gasteiger charge is 2.18. The maximum absolute atomic E-state index is 6.79. The van der Waals surface area contributed by atoms with Crippen LogP contribution in [0, 0.1) is 5.41 Å². The van der Waals surface area contributed by atoms with E-state index < -0.39 is 0 Å². The fourth-order valence-corrected chi connectivity index (χ4v) is 0.854. The van der Waals surface area contributed by atoms with Crippen LogP contribution in [0.4, 0.5) is 0 Å². The highest BCUT2D eigenvalue weighted by Crippen LogP contribution is 2.06. The summed E-state index contributed by atoms with van der Waals surface area (Å²) in [7, 11) is 0. The Morgan fingerprint density at radius 3 is 2.73 bits per heavy atom. The molecule has 0 amide bonds. The van der Waals surface area contributed by atoms with E-state index in [1.54, 1.807) is 0 Å². The van der Waals surface area contributed by atoms with Gasteiger partial charge in [0, 0.05) is 6.21 Å². The minimum absolute atomic E-state index is 0.249. The zero-order valence-corrected chi connectivity index (χ0v) is 6.69. The van der Waals surface area contributed by atoms with Crippen molar-refractivity contribution in [2.45, 2.75) is 6.04 Å². The van der Waals surface area contributed by atoms with Gasteiger partial charge in [0.2, 0.25) is 0 Å². The number of allylic oxidation sites excluding steroid dienone is 1. The van der Waals surface area contributed by atoms with Crippen molar-refractivity contribution in [3.63, 3.8) is 0 Å². The van der Waals surface area contributed by atoms with Crippen molar-refractivity contribution in [3.05, 3.63) is 10.9 Å². The maximum Gasteiger partial charge on any atom is 0.127 e. The van der Waals surface area contributed by atoms with Crippen molar-refractivity contribution in [1.82, 2.24) is 5.32 Å². The number of nitrogens with two attached hydrogens (primary N) is 1. The van der Waals surface area contributed by atoms with Crippen LogP contribution in [0.3, 0.4) is 0 Å². The molecule has 0 bridgehead atoms. The van der Waals surface area contributed by atoms with Gasteiger partial charge < -0.3 is 21.2 Å². The van der Waals surface area contributed by atoms with Crippen molar-refractivity contribution in [2.24, 2.45) is 5.73 Å². The topological polar surface area (TPSA) is 71.1 Å². The predicted molar refractivity (Wildman–Crippen MR) is 43.6 cm³/mol. The van der Waals surface area contributed by atoms with Gasteiger partial charge in [-0.2, -0.15) is 0 Å². The Morgan fingerprint density at radius 2 is 2.36 bits per heavy atom. The van der Waals surface area contributed by atoms with Crippen LogP contribution in [-0.2, 0) is 4.74 Å². The third-order valence-electron chi connectivity index (χ3n) is 1.38. The third kappa shape index (κ3) is 2.10. The summed E-state index contributed by atoms with van der Waals surface area (Å²) in [4.78, 5) is 0. The maximum atomic E-state index is 6.79. The van der Waals surface area contributed by atoms with Gasteiger partial charge in [-0.3, -0.25) is 0 Å². The van der Waals surface area contributed by atoms with Gasteiger partial charge >= 0.3 is 0 Å². The molecule has 11 heavy (non-hydrogen) atoms. The summed E-state index contributed by atoms with van der Waals surface area (Å²) < 4.78 is 4.91. The van der Waals surface area contributed by atoms with E-state index in [-0.39, 0.29) is 11.7 Å². The Morgan fingerprint density at radius 1 is 1.73 bits per heavy atom. The van der Waals surface area contributed by atoms with Crippen LogP contribution in [0.15, 0.2) is 10.9 Å². The molecule has 1 saturated heterocycles. The van der Waals surface area contributed by atoms with Gasteiger partial charge in [0.05, 0.1) is 25.0 Å². The Kier molecular flexibility index (Phi) is 2.73. The van der Waals surface area contributed by atoms with Crippen LogP contribution < -0.4 is 11.1 Å². The lowest BCUT2D eigenvalue weighted by Crippen LogP contribution is -2.45. The molecule has 1 aliphatic rings. The molecule has 1 aliphatic heterocycles. The summed E-state index contributed by atoms with van der Waals surface area (Å²) in [5, 5.41) is 10.0. The molecule has 0 spiro atoms. The van der Waals surface area contributed by atoms with E-state index in [0.29, 0.717) is 18.4 Å². The van der Waals surface area contributed by atoms with Gasteiger partial charge in [-0.25, -0.2) is 0 Å². The van der Waals surface area contributed by atoms with E-state index in [0.717, 1.165) is 6.21 Å². The second-order valence-electron chi connectivity index (χ2n) is 2.29. The molecule has 0 aliphatic carbocycles. The zero-order chi connectivity index (χ0) is 8.27. The predicted octanol–water partition coefficient (Wildman–Crippen LogP) is -0.00903. The first kappa shape index (κ1) is 8.36. The third-order valence-corrected chi connectivity index (χ3v) is 1.71. The first-order valence-corrected chi connectivity index (χ1v) is 3.62. The van der Waals surface area contributed by atoms with E-state index in [4.69, 9.17) is 27.5 Å². The molecule has 0 unspecified atom stereocenters. The molecule has 4 N–H and O–H groups in total. The summed E-state index contributed by atoms with van der Waals surface area (Å²) in [5.41, 5.74) is 5.59. The van der Waals surface area contributed by atoms with Crippen molar-refractivity contribution in [3.8, 4) is 0 Å². The second-order valence-corrected chi connectivity index (χ2v) is 2.67. The molecule has 0 radical (unpaired) electrons. The van der Waals surface area contributed by atoms with Crippen LogP contribution in [0.2, 0.25) is 0 Å². The molecule has 4 nitrogen and oxygen atoms in total. The minimum atomic E-state index is 0.249. The number of rotatable bonds is 3. The van der Waals surface area contributed by atoms with Gasteiger partial charge in [-0.15, -0.1) is 0 Å². The molecule has 0 aromatic heterocycles. The lowest BCUT2D eigenvalue weighted by Gasteiger charge is -2.27. The molecular formula is C6H10ClN3O. The van der Waals surface area contributed by atoms with Gasteiger partial charge in [-0.1, -0.05) is 11.6 Å². The first-order valence-electron chi connectivity index (χ1n) is 3.24. The summed E-state index contributed by atoms with van der Waals surface area (Å²) in [5.74, 6) is 0. The van der Waals surface area contributed by atoms with Crippen molar-refractivity contribution >= 4 is 17.8 Å². The summed E-state index contributed by atoms with van der Waals surface area (Å²) in [6, 6.07) is 0.251. The molecular weight excluding hydrogens is 166 g/mol. The summed E-state index contributed by atoms with van der Waals surface area (Å²) >= 11 is 5.68. The smallest absolute Gasteiger partial charge is 0.127 e. The van der Waals surface area contributed by atoms with Gasteiger partial charge in [0.15, 0.2) is 0 Å². The fourth-order valence-electron chi connectivity index (χ4n) is 0.645. The molecule has 1 rings (SSSR count). The summed E-state index contributed by atoms with van der Waals surface area (Å²) in [6.45, 7) is 1.31. The molecule has 62 valence electrons. The van der Waals surface area contributed by atoms with Gasteiger partial charge in [0.25, 0.3) is 0 Å². The van der Waals surface area contributed by atoms with E-state index >= 15 is 0 Å². The van der Waals surface area contributed by atoms with Crippen LogP contribution in [0.1, 0.15) is 0 Å². The minimum Gasteiger partial charge on any atom is -0.395 e. The van der Waals surface area contributed by atoms with E-state index in [9.17, 15) is 0 Å². The van der Waals surface area contributed by atoms with Crippen molar-refractivity contribution < 1.29 is 4.74 Å². The molecule has 0 aromatic rings. The van der Waals surface area contributed by atoms with E-state index in [2.05, 4.69) is 5.32 Å². The lowest BCUT2D eigenvalue weighted by molar-refractivity contribution is 0.000117. The molecule has 5 heteroatoms. The van der Waals surface area contributed by atoms with Crippen LogP contribution in [0.25, 0.3) is 0 Å². The van der Waals surface area contributed by atoms with Gasteiger partial charge in [0.1, 0.15) is 5.16 Å². The lowest BCUT2D eigenvalue weighted by atomic mass is 10.3. The Balaban J connectivity index is 2.40.